The third-order valence-corrected chi connectivity index (χ3v) is 6.46. The van der Waals surface area contributed by atoms with E-state index < -0.39 is 29.0 Å². The van der Waals surface area contributed by atoms with Crippen molar-refractivity contribution in [3.8, 4) is 6.07 Å². The first-order valence-corrected chi connectivity index (χ1v) is 9.84. The molecule has 0 saturated carbocycles. The Bertz CT molecular complexity index is 1310. The number of nitriles is 1. The van der Waals surface area contributed by atoms with Crippen molar-refractivity contribution >= 4 is 45.2 Å². The summed E-state index contributed by atoms with van der Waals surface area (Å²) in [5.74, 6) is -0.892. The van der Waals surface area contributed by atoms with Crippen LogP contribution in [0, 0.1) is 17.1 Å². The smallest absolute Gasteiger partial charge is 0.329 e. The SMILES string of the molecule is Cn1ncc2cncc(N3C(=O)NC4C=C(c5cc(F)ccc5C#N)SC4C3=O)c21. The van der Waals surface area contributed by atoms with Crippen LogP contribution in [0.4, 0.5) is 14.9 Å². The second-order valence-corrected chi connectivity index (χ2v) is 8.07. The lowest BCUT2D eigenvalue weighted by Gasteiger charge is -2.33. The Morgan fingerprint density at radius 2 is 2.10 bits per heavy atom. The lowest BCUT2D eigenvalue weighted by molar-refractivity contribution is -0.118. The van der Waals surface area contributed by atoms with Crippen molar-refractivity contribution in [1.82, 2.24) is 20.1 Å². The van der Waals surface area contributed by atoms with Gasteiger partial charge in [0.25, 0.3) is 5.91 Å². The van der Waals surface area contributed by atoms with Crippen LogP contribution < -0.4 is 10.2 Å². The van der Waals surface area contributed by atoms with Gasteiger partial charge in [0.15, 0.2) is 0 Å². The highest BCUT2D eigenvalue weighted by Crippen LogP contribution is 2.43. The van der Waals surface area contributed by atoms with Crippen molar-refractivity contribution in [3.63, 3.8) is 0 Å². The van der Waals surface area contributed by atoms with Crippen molar-refractivity contribution in [1.29, 1.82) is 5.26 Å². The summed E-state index contributed by atoms with van der Waals surface area (Å²) >= 11 is 1.20. The zero-order valence-electron chi connectivity index (χ0n) is 15.5. The van der Waals surface area contributed by atoms with Crippen LogP contribution in [0.25, 0.3) is 15.8 Å². The van der Waals surface area contributed by atoms with E-state index in [1.807, 2.05) is 6.07 Å². The minimum absolute atomic E-state index is 0.299. The number of carbonyl (C=O) groups is 2. The zero-order chi connectivity index (χ0) is 21.0. The van der Waals surface area contributed by atoms with Crippen molar-refractivity contribution in [2.75, 3.05) is 4.90 Å². The molecule has 1 N–H and O–H groups in total. The van der Waals surface area contributed by atoms with E-state index in [4.69, 9.17) is 0 Å². The summed E-state index contributed by atoms with van der Waals surface area (Å²) in [5.41, 5.74) is 1.65. The number of imide groups is 1. The van der Waals surface area contributed by atoms with Crippen LogP contribution >= 0.6 is 11.8 Å². The van der Waals surface area contributed by atoms with Crippen LogP contribution in [0.15, 0.2) is 42.9 Å². The van der Waals surface area contributed by atoms with Gasteiger partial charge in [0.1, 0.15) is 11.1 Å². The molecule has 1 fully saturated rings. The first kappa shape index (κ1) is 18.3. The third-order valence-electron chi connectivity index (χ3n) is 5.10. The second-order valence-electron chi connectivity index (χ2n) is 6.88. The number of pyridine rings is 1. The van der Waals surface area contributed by atoms with Crippen LogP contribution in [0.5, 0.6) is 0 Å². The number of nitrogens with zero attached hydrogens (tertiary/aromatic N) is 5. The molecule has 2 aromatic heterocycles. The number of urea groups is 1. The van der Waals surface area contributed by atoms with E-state index in [1.165, 1.54) is 36.2 Å². The van der Waals surface area contributed by atoms with Gasteiger partial charge < -0.3 is 5.32 Å². The Morgan fingerprint density at radius 1 is 1.27 bits per heavy atom. The van der Waals surface area contributed by atoms with Gasteiger partial charge in [-0.15, -0.1) is 11.8 Å². The van der Waals surface area contributed by atoms with E-state index in [9.17, 15) is 19.2 Å². The fraction of sp³-hybridized carbons (Fsp3) is 0.150. The average Bonchev–Trinajstić information content (AvgIpc) is 3.32. The molecule has 30 heavy (non-hydrogen) atoms. The zero-order valence-corrected chi connectivity index (χ0v) is 16.4. The minimum atomic E-state index is -0.643. The van der Waals surface area contributed by atoms with E-state index in [0.29, 0.717) is 32.6 Å². The number of carbonyl (C=O) groups excluding carboxylic acids is 2. The van der Waals surface area contributed by atoms with Crippen LogP contribution in [0.2, 0.25) is 0 Å². The lowest BCUT2D eigenvalue weighted by atomic mass is 10.0. The summed E-state index contributed by atoms with van der Waals surface area (Å²) in [5, 5.41) is 16.4. The number of thioether (sulfide) groups is 1. The highest BCUT2D eigenvalue weighted by Gasteiger charge is 2.46. The molecule has 4 heterocycles. The van der Waals surface area contributed by atoms with E-state index in [2.05, 4.69) is 15.4 Å². The van der Waals surface area contributed by atoms with Crippen LogP contribution in [0.3, 0.4) is 0 Å². The number of aromatic nitrogens is 3. The molecule has 0 aliphatic carbocycles. The summed E-state index contributed by atoms with van der Waals surface area (Å²) in [7, 11) is 1.72. The van der Waals surface area contributed by atoms with Gasteiger partial charge in [-0.25, -0.2) is 14.1 Å². The van der Waals surface area contributed by atoms with Gasteiger partial charge in [0, 0.05) is 29.1 Å². The Hall–Kier alpha value is -3.71. The molecule has 148 valence electrons. The maximum absolute atomic E-state index is 13.8. The molecule has 0 bridgehead atoms. The number of aryl methyl sites for hydroxylation is 1. The molecule has 0 spiro atoms. The number of halogens is 1. The van der Waals surface area contributed by atoms with Gasteiger partial charge in [0.05, 0.1) is 41.3 Å². The van der Waals surface area contributed by atoms with Crippen LogP contribution in [-0.4, -0.2) is 38.0 Å². The molecular weight excluding hydrogens is 407 g/mol. The average molecular weight is 420 g/mol. The molecule has 1 saturated heterocycles. The van der Waals surface area contributed by atoms with Gasteiger partial charge in [-0.05, 0) is 24.3 Å². The molecular formula is C20H13FN6O2S. The predicted octanol–water partition coefficient (Wildman–Crippen LogP) is 2.56. The summed E-state index contributed by atoms with van der Waals surface area (Å²) < 4.78 is 15.4. The first-order chi connectivity index (χ1) is 14.5. The highest BCUT2D eigenvalue weighted by atomic mass is 32.2. The molecule has 3 aromatic rings. The Labute approximate surface area is 174 Å². The predicted molar refractivity (Wildman–Crippen MR) is 109 cm³/mol. The minimum Gasteiger partial charge on any atom is -0.329 e. The number of rotatable bonds is 2. The van der Waals surface area contributed by atoms with Gasteiger partial charge in [-0.3, -0.25) is 14.5 Å². The van der Waals surface area contributed by atoms with Crippen LogP contribution in [0.1, 0.15) is 11.1 Å². The van der Waals surface area contributed by atoms with Crippen molar-refractivity contribution in [2.45, 2.75) is 11.3 Å². The maximum atomic E-state index is 13.8. The monoisotopic (exact) mass is 420 g/mol. The summed E-state index contributed by atoms with van der Waals surface area (Å²) in [6.07, 6.45) is 6.37. The van der Waals surface area contributed by atoms with E-state index in [0.717, 1.165) is 4.90 Å². The molecule has 2 aliphatic heterocycles. The molecule has 10 heteroatoms. The van der Waals surface area contributed by atoms with Crippen LogP contribution in [-0.2, 0) is 11.8 Å². The normalized spacial score (nSPS) is 20.7. The molecule has 5 rings (SSSR count). The third kappa shape index (κ3) is 2.67. The number of amides is 3. The molecule has 3 amide bonds. The van der Waals surface area contributed by atoms with Crippen molar-refractivity contribution in [3.05, 3.63) is 59.8 Å². The lowest BCUT2D eigenvalue weighted by Crippen LogP contribution is -2.60. The number of anilines is 1. The van der Waals surface area contributed by atoms with Crippen molar-refractivity contribution in [2.24, 2.45) is 7.05 Å². The number of fused-ring (bicyclic) bond motifs is 2. The molecule has 8 nitrogen and oxygen atoms in total. The number of benzene rings is 1. The van der Waals surface area contributed by atoms with Gasteiger partial charge in [-0.2, -0.15) is 10.4 Å². The molecule has 0 radical (unpaired) electrons. The van der Waals surface area contributed by atoms with Crippen molar-refractivity contribution < 1.29 is 14.0 Å². The topological polar surface area (TPSA) is 104 Å². The maximum Gasteiger partial charge on any atom is 0.329 e. The Morgan fingerprint density at radius 3 is 2.90 bits per heavy atom. The van der Waals surface area contributed by atoms with Gasteiger partial charge in [-0.1, -0.05) is 0 Å². The molecule has 2 unspecified atom stereocenters. The second kappa shape index (κ2) is 6.67. The molecule has 2 atom stereocenters. The molecule has 2 aliphatic rings. The summed E-state index contributed by atoms with van der Waals surface area (Å²) in [6, 6.07) is 4.78. The van der Waals surface area contributed by atoms with E-state index in [-0.39, 0.29) is 0 Å². The Balaban J connectivity index is 1.53. The standard InChI is InChI=1S/C20H13FN6O2S/c1-26-17-11(8-24-26)7-23-9-15(17)27-19(28)18-14(25-20(27)29)5-16(30-18)13-4-12(21)3-2-10(13)6-22/h2-5,7-9,14,18H,1H3,(H,25,29). The van der Waals surface area contributed by atoms with Gasteiger partial charge in [0.2, 0.25) is 0 Å². The van der Waals surface area contributed by atoms with E-state index in [1.54, 1.807) is 30.2 Å². The first-order valence-electron chi connectivity index (χ1n) is 8.96. The fourth-order valence-electron chi connectivity index (χ4n) is 3.73. The number of hydrogen-bond donors (Lipinski definition) is 1. The largest absolute Gasteiger partial charge is 0.329 e. The summed E-state index contributed by atoms with van der Waals surface area (Å²) in [4.78, 5) is 31.9. The number of nitrogens with one attached hydrogen (secondary N) is 1. The number of hydrogen-bond acceptors (Lipinski definition) is 6. The van der Waals surface area contributed by atoms with E-state index >= 15 is 0 Å². The quantitative estimate of drug-likeness (QED) is 0.683. The summed E-state index contributed by atoms with van der Waals surface area (Å²) in [6.45, 7) is 0. The molecule has 1 aromatic carbocycles. The van der Waals surface area contributed by atoms with Gasteiger partial charge >= 0.3 is 6.03 Å². The Kier molecular flexibility index (Phi) is 4.08. The highest BCUT2D eigenvalue weighted by molar-refractivity contribution is 8.09. The fourth-order valence-corrected chi connectivity index (χ4v) is 5.02.